The van der Waals surface area contributed by atoms with Gasteiger partial charge in [0.25, 0.3) is 0 Å². The lowest BCUT2D eigenvalue weighted by atomic mass is 10.0. The highest BCUT2D eigenvalue weighted by atomic mass is 16.1. The SMILES string of the molecule is CN1CCCCc2cccc(C=O)c21. The van der Waals surface area contributed by atoms with E-state index in [-0.39, 0.29) is 0 Å². The lowest BCUT2D eigenvalue weighted by Gasteiger charge is -2.20. The molecule has 0 bridgehead atoms. The lowest BCUT2D eigenvalue weighted by molar-refractivity contribution is 0.112. The molecule has 1 aromatic rings. The van der Waals surface area contributed by atoms with Crippen molar-refractivity contribution in [3.8, 4) is 0 Å². The molecule has 0 aliphatic carbocycles. The largest absolute Gasteiger partial charge is 0.374 e. The van der Waals surface area contributed by atoms with Crippen LogP contribution in [0.3, 0.4) is 0 Å². The molecule has 0 fully saturated rings. The summed E-state index contributed by atoms with van der Waals surface area (Å²) in [5.74, 6) is 0. The Labute approximate surface area is 84.5 Å². The van der Waals surface area contributed by atoms with Gasteiger partial charge in [-0.3, -0.25) is 4.79 Å². The van der Waals surface area contributed by atoms with Crippen LogP contribution in [0.15, 0.2) is 18.2 Å². The zero-order chi connectivity index (χ0) is 9.97. The predicted octanol–water partition coefficient (Wildman–Crippen LogP) is 2.27. The summed E-state index contributed by atoms with van der Waals surface area (Å²) in [7, 11) is 2.07. The smallest absolute Gasteiger partial charge is 0.152 e. The first-order chi connectivity index (χ1) is 6.83. The van der Waals surface area contributed by atoms with Crippen LogP contribution in [0, 0.1) is 0 Å². The molecular formula is C12H15NO. The minimum atomic E-state index is 0.826. The zero-order valence-corrected chi connectivity index (χ0v) is 8.49. The number of benzene rings is 1. The summed E-state index contributed by atoms with van der Waals surface area (Å²) in [4.78, 5) is 13.1. The van der Waals surface area contributed by atoms with Crippen LogP contribution in [-0.2, 0) is 6.42 Å². The van der Waals surface area contributed by atoms with Crippen molar-refractivity contribution in [1.82, 2.24) is 0 Å². The normalized spacial score (nSPS) is 15.9. The molecule has 0 saturated carbocycles. The highest BCUT2D eigenvalue weighted by Gasteiger charge is 2.14. The summed E-state index contributed by atoms with van der Waals surface area (Å²) in [6.07, 6.45) is 4.49. The van der Waals surface area contributed by atoms with E-state index in [2.05, 4.69) is 18.0 Å². The van der Waals surface area contributed by atoms with Crippen LogP contribution >= 0.6 is 0 Å². The van der Waals surface area contributed by atoms with Gasteiger partial charge in [0.15, 0.2) is 6.29 Å². The van der Waals surface area contributed by atoms with Gasteiger partial charge in [-0.15, -0.1) is 0 Å². The summed E-state index contributed by atoms with van der Waals surface area (Å²) < 4.78 is 0. The monoisotopic (exact) mass is 189 g/mol. The van der Waals surface area contributed by atoms with Gasteiger partial charge in [0.2, 0.25) is 0 Å². The van der Waals surface area contributed by atoms with Crippen LogP contribution in [-0.4, -0.2) is 19.9 Å². The fourth-order valence-electron chi connectivity index (χ4n) is 2.15. The number of hydrogen-bond donors (Lipinski definition) is 0. The fraction of sp³-hybridized carbons (Fsp3) is 0.417. The first-order valence-corrected chi connectivity index (χ1v) is 5.11. The molecule has 74 valence electrons. The summed E-state index contributed by atoms with van der Waals surface area (Å²) in [5.41, 5.74) is 3.28. The van der Waals surface area contributed by atoms with Gasteiger partial charge in [-0.05, 0) is 30.9 Å². The van der Waals surface area contributed by atoms with Crippen LogP contribution in [0.5, 0.6) is 0 Å². The predicted molar refractivity (Wildman–Crippen MR) is 58.0 cm³/mol. The Morgan fingerprint density at radius 2 is 2.21 bits per heavy atom. The Balaban J connectivity index is 2.52. The Hall–Kier alpha value is -1.31. The molecule has 1 heterocycles. The van der Waals surface area contributed by atoms with Crippen molar-refractivity contribution in [2.24, 2.45) is 0 Å². The van der Waals surface area contributed by atoms with Crippen LogP contribution in [0.1, 0.15) is 28.8 Å². The number of hydrogen-bond acceptors (Lipinski definition) is 2. The second-order valence-corrected chi connectivity index (χ2v) is 3.85. The molecule has 0 unspecified atom stereocenters. The number of aryl methyl sites for hydroxylation is 1. The van der Waals surface area contributed by atoms with E-state index >= 15 is 0 Å². The number of carbonyl (C=O) groups is 1. The van der Waals surface area contributed by atoms with Gasteiger partial charge in [0, 0.05) is 19.2 Å². The topological polar surface area (TPSA) is 20.3 Å². The maximum atomic E-state index is 10.9. The summed E-state index contributed by atoms with van der Waals surface area (Å²) in [6.45, 7) is 1.05. The molecule has 1 aliphatic heterocycles. The van der Waals surface area contributed by atoms with E-state index in [4.69, 9.17) is 0 Å². The van der Waals surface area contributed by atoms with Gasteiger partial charge < -0.3 is 4.90 Å². The molecule has 0 radical (unpaired) electrons. The number of fused-ring (bicyclic) bond motifs is 1. The molecule has 0 amide bonds. The molecule has 0 atom stereocenters. The fourth-order valence-corrected chi connectivity index (χ4v) is 2.15. The Morgan fingerprint density at radius 1 is 1.36 bits per heavy atom. The molecular weight excluding hydrogens is 174 g/mol. The zero-order valence-electron chi connectivity index (χ0n) is 8.49. The third kappa shape index (κ3) is 1.52. The molecule has 2 nitrogen and oxygen atoms in total. The standard InChI is InChI=1S/C12H15NO/c1-13-8-3-2-5-10-6-4-7-11(9-14)12(10)13/h4,6-7,9H,2-3,5,8H2,1H3. The minimum Gasteiger partial charge on any atom is -0.374 e. The van der Waals surface area contributed by atoms with Crippen LogP contribution < -0.4 is 4.90 Å². The van der Waals surface area contributed by atoms with Gasteiger partial charge in [-0.1, -0.05) is 12.1 Å². The average Bonchev–Trinajstić information content (AvgIpc) is 2.40. The van der Waals surface area contributed by atoms with E-state index in [0.717, 1.165) is 30.5 Å². The van der Waals surface area contributed by atoms with Crippen LogP contribution in [0.2, 0.25) is 0 Å². The third-order valence-corrected chi connectivity index (χ3v) is 2.85. The number of rotatable bonds is 1. The highest BCUT2D eigenvalue weighted by Crippen LogP contribution is 2.27. The van der Waals surface area contributed by atoms with Gasteiger partial charge in [0.05, 0.1) is 5.69 Å². The quantitative estimate of drug-likeness (QED) is 0.632. The van der Waals surface area contributed by atoms with Gasteiger partial charge in [0.1, 0.15) is 0 Å². The van der Waals surface area contributed by atoms with Gasteiger partial charge in [-0.2, -0.15) is 0 Å². The molecule has 0 N–H and O–H groups in total. The first-order valence-electron chi connectivity index (χ1n) is 5.11. The molecule has 1 aliphatic rings. The third-order valence-electron chi connectivity index (χ3n) is 2.85. The van der Waals surface area contributed by atoms with Crippen molar-refractivity contribution < 1.29 is 4.79 Å². The molecule has 0 aromatic heterocycles. The number of aldehydes is 1. The maximum Gasteiger partial charge on any atom is 0.152 e. The van der Waals surface area contributed by atoms with Crippen molar-refractivity contribution in [1.29, 1.82) is 0 Å². The number of anilines is 1. The second-order valence-electron chi connectivity index (χ2n) is 3.85. The Kier molecular flexibility index (Phi) is 2.53. The van der Waals surface area contributed by atoms with E-state index in [1.54, 1.807) is 0 Å². The van der Waals surface area contributed by atoms with E-state index in [1.165, 1.54) is 18.4 Å². The van der Waals surface area contributed by atoms with Gasteiger partial charge in [-0.25, -0.2) is 0 Å². The maximum absolute atomic E-state index is 10.9. The van der Waals surface area contributed by atoms with Crippen molar-refractivity contribution in [3.63, 3.8) is 0 Å². The van der Waals surface area contributed by atoms with E-state index in [0.29, 0.717) is 0 Å². The Morgan fingerprint density at radius 3 is 3.00 bits per heavy atom. The molecule has 2 rings (SSSR count). The first kappa shape index (κ1) is 9.25. The van der Waals surface area contributed by atoms with Crippen LogP contribution in [0.4, 0.5) is 5.69 Å². The van der Waals surface area contributed by atoms with Gasteiger partial charge >= 0.3 is 0 Å². The number of carbonyl (C=O) groups excluding carboxylic acids is 1. The minimum absolute atomic E-state index is 0.826. The van der Waals surface area contributed by atoms with E-state index < -0.39 is 0 Å². The molecule has 0 saturated heterocycles. The van der Waals surface area contributed by atoms with E-state index in [1.807, 2.05) is 12.1 Å². The lowest BCUT2D eigenvalue weighted by Crippen LogP contribution is -2.19. The summed E-state index contributed by atoms with van der Waals surface area (Å²) >= 11 is 0. The molecule has 14 heavy (non-hydrogen) atoms. The van der Waals surface area contributed by atoms with E-state index in [9.17, 15) is 4.79 Å². The average molecular weight is 189 g/mol. The Bertz CT molecular complexity index is 346. The molecule has 2 heteroatoms. The van der Waals surface area contributed by atoms with Crippen molar-refractivity contribution in [3.05, 3.63) is 29.3 Å². The summed E-state index contributed by atoms with van der Waals surface area (Å²) in [6, 6.07) is 6.00. The number of nitrogens with zero attached hydrogens (tertiary/aromatic N) is 1. The van der Waals surface area contributed by atoms with Crippen molar-refractivity contribution in [2.45, 2.75) is 19.3 Å². The summed E-state index contributed by atoms with van der Waals surface area (Å²) in [5, 5.41) is 0. The molecule has 0 spiro atoms. The number of para-hydroxylation sites is 1. The van der Waals surface area contributed by atoms with Crippen molar-refractivity contribution in [2.75, 3.05) is 18.5 Å². The van der Waals surface area contributed by atoms with Crippen molar-refractivity contribution >= 4 is 12.0 Å². The van der Waals surface area contributed by atoms with Crippen LogP contribution in [0.25, 0.3) is 0 Å². The second kappa shape index (κ2) is 3.82. The highest BCUT2D eigenvalue weighted by molar-refractivity contribution is 5.86. The molecule has 1 aromatic carbocycles.